The molecule has 0 unspecified atom stereocenters. The molecule has 0 amide bonds. The molecule has 1 heterocycles. The van der Waals surface area contributed by atoms with Gasteiger partial charge in [0.25, 0.3) is 0 Å². The van der Waals surface area contributed by atoms with Crippen molar-refractivity contribution in [2.75, 3.05) is 0 Å². The van der Waals surface area contributed by atoms with E-state index in [1.807, 2.05) is 13.8 Å². The van der Waals surface area contributed by atoms with Crippen LogP contribution in [-0.4, -0.2) is 23.3 Å². The lowest BCUT2D eigenvalue weighted by atomic mass is 9.87. The summed E-state index contributed by atoms with van der Waals surface area (Å²) in [5.41, 5.74) is 1.42. The van der Waals surface area contributed by atoms with Gasteiger partial charge in [0.05, 0.1) is 12.0 Å². The third-order valence-electron chi connectivity index (χ3n) is 4.48. The fourth-order valence-corrected chi connectivity index (χ4v) is 3.13. The van der Waals surface area contributed by atoms with Gasteiger partial charge in [-0.2, -0.15) is 0 Å². The van der Waals surface area contributed by atoms with Crippen molar-refractivity contribution in [2.45, 2.75) is 58.7 Å². The maximum atomic E-state index is 11.6. The van der Waals surface area contributed by atoms with Crippen LogP contribution in [0.25, 0.3) is 0 Å². The number of allylic oxidation sites excluding steroid dienone is 2. The first-order valence-electron chi connectivity index (χ1n) is 7.06. The van der Waals surface area contributed by atoms with Crippen molar-refractivity contribution in [1.29, 1.82) is 0 Å². The number of hydrogen-bond acceptors (Lipinski definition) is 3. The zero-order chi connectivity index (χ0) is 13.3. The molecule has 1 fully saturated rings. The summed E-state index contributed by atoms with van der Waals surface area (Å²) in [4.78, 5) is 11.6. The highest BCUT2D eigenvalue weighted by Gasteiger charge is 2.42. The average Bonchev–Trinajstić information content (AvgIpc) is 2.46. The van der Waals surface area contributed by atoms with E-state index in [0.717, 1.165) is 25.7 Å². The van der Waals surface area contributed by atoms with Crippen LogP contribution >= 0.6 is 0 Å². The zero-order valence-corrected chi connectivity index (χ0v) is 11.6. The lowest BCUT2D eigenvalue weighted by molar-refractivity contribution is -0.144. The van der Waals surface area contributed by atoms with Gasteiger partial charge in [0.2, 0.25) is 0 Å². The molecule has 5 atom stereocenters. The summed E-state index contributed by atoms with van der Waals surface area (Å²) in [5.74, 6) is 0.813. The van der Waals surface area contributed by atoms with Gasteiger partial charge in [-0.3, -0.25) is 4.79 Å². The Morgan fingerprint density at radius 1 is 1.50 bits per heavy atom. The van der Waals surface area contributed by atoms with Crippen molar-refractivity contribution in [3.8, 4) is 0 Å². The van der Waals surface area contributed by atoms with E-state index in [4.69, 9.17) is 4.74 Å². The predicted octanol–water partition coefficient (Wildman–Crippen LogP) is 2.68. The Morgan fingerprint density at radius 3 is 2.89 bits per heavy atom. The molecule has 1 saturated heterocycles. The second-order valence-corrected chi connectivity index (χ2v) is 5.97. The predicted molar refractivity (Wildman–Crippen MR) is 69.9 cm³/mol. The van der Waals surface area contributed by atoms with Crippen molar-refractivity contribution in [3.05, 3.63) is 11.6 Å². The average molecular weight is 252 g/mol. The molecule has 1 aliphatic heterocycles. The molecule has 0 aromatic heterocycles. The van der Waals surface area contributed by atoms with Crippen molar-refractivity contribution in [3.63, 3.8) is 0 Å². The number of rotatable bonds is 3. The van der Waals surface area contributed by atoms with Gasteiger partial charge in [0.1, 0.15) is 6.10 Å². The molecule has 0 radical (unpaired) electrons. The highest BCUT2D eigenvalue weighted by molar-refractivity contribution is 5.74. The molecule has 2 rings (SSSR count). The number of fused-ring (bicyclic) bond motifs is 1. The maximum Gasteiger partial charge on any atom is 0.309 e. The molecule has 3 nitrogen and oxygen atoms in total. The van der Waals surface area contributed by atoms with Crippen LogP contribution < -0.4 is 0 Å². The lowest BCUT2D eigenvalue weighted by Crippen LogP contribution is -2.19. The molecule has 0 spiro atoms. The van der Waals surface area contributed by atoms with Gasteiger partial charge in [-0.15, -0.1) is 0 Å². The largest absolute Gasteiger partial charge is 0.462 e. The quantitative estimate of drug-likeness (QED) is 0.620. The Bertz CT molecular complexity index is 346. The zero-order valence-electron chi connectivity index (χ0n) is 11.6. The number of ether oxygens (including phenoxy) is 1. The van der Waals surface area contributed by atoms with E-state index in [9.17, 15) is 9.90 Å². The summed E-state index contributed by atoms with van der Waals surface area (Å²) >= 11 is 0. The molecule has 18 heavy (non-hydrogen) atoms. The molecule has 3 heteroatoms. The number of aliphatic hydroxyl groups is 1. The number of carbonyl (C=O) groups excluding carboxylic acids is 1. The number of carbonyl (C=O) groups is 1. The summed E-state index contributed by atoms with van der Waals surface area (Å²) in [6.07, 6.45) is 5.81. The summed E-state index contributed by atoms with van der Waals surface area (Å²) < 4.78 is 5.48. The Morgan fingerprint density at radius 2 is 2.22 bits per heavy atom. The molecule has 1 N–H and O–H groups in total. The third-order valence-corrected chi connectivity index (χ3v) is 4.48. The molecule has 1 aliphatic carbocycles. The first kappa shape index (κ1) is 13.6. The molecule has 0 aromatic rings. The summed E-state index contributed by atoms with van der Waals surface area (Å²) in [5, 5.41) is 9.38. The van der Waals surface area contributed by atoms with Crippen LogP contribution in [0.15, 0.2) is 11.6 Å². The first-order chi connectivity index (χ1) is 8.49. The minimum atomic E-state index is -0.238. The minimum absolute atomic E-state index is 0.0296. The topological polar surface area (TPSA) is 46.5 Å². The van der Waals surface area contributed by atoms with Crippen LogP contribution in [0.2, 0.25) is 0 Å². The smallest absolute Gasteiger partial charge is 0.309 e. The molecule has 0 bridgehead atoms. The summed E-state index contributed by atoms with van der Waals surface area (Å²) in [6, 6.07) is 0. The fraction of sp³-hybridized carbons (Fsp3) is 0.800. The van der Waals surface area contributed by atoms with Gasteiger partial charge in [0, 0.05) is 5.92 Å². The molecule has 0 saturated carbocycles. The lowest BCUT2D eigenvalue weighted by Gasteiger charge is -2.19. The van der Waals surface area contributed by atoms with E-state index in [1.54, 1.807) is 0 Å². The number of hydrogen-bond donors (Lipinski definition) is 1. The normalized spacial score (nSPS) is 37.6. The van der Waals surface area contributed by atoms with Crippen LogP contribution in [0.4, 0.5) is 0 Å². The Balaban J connectivity index is 2.03. The van der Waals surface area contributed by atoms with Crippen LogP contribution in [0, 0.1) is 17.8 Å². The van der Waals surface area contributed by atoms with Gasteiger partial charge < -0.3 is 9.84 Å². The van der Waals surface area contributed by atoms with E-state index in [-0.39, 0.29) is 24.1 Å². The highest BCUT2D eigenvalue weighted by Crippen LogP contribution is 2.39. The third kappa shape index (κ3) is 2.77. The highest BCUT2D eigenvalue weighted by atomic mass is 16.6. The summed E-state index contributed by atoms with van der Waals surface area (Å²) in [7, 11) is 0. The van der Waals surface area contributed by atoms with Gasteiger partial charge in [0.15, 0.2) is 0 Å². The van der Waals surface area contributed by atoms with E-state index >= 15 is 0 Å². The fourth-order valence-electron chi connectivity index (χ4n) is 3.13. The number of esters is 1. The van der Waals surface area contributed by atoms with Crippen molar-refractivity contribution >= 4 is 5.97 Å². The standard InChI is InChI=1S/C15H24O3/c1-9-8-14-13(11(3)15(17)18-14)7-6-12(9)5-4-10(2)16/h6,9-11,13-14,16H,4-5,7-8H2,1-3H3/t9-,10-,11+,13+,14+/m0/s1. The van der Waals surface area contributed by atoms with Gasteiger partial charge in [-0.1, -0.05) is 25.5 Å². The van der Waals surface area contributed by atoms with Crippen LogP contribution in [-0.2, 0) is 9.53 Å². The SMILES string of the molecule is C[C@H](O)CCC1=CC[C@H]2[C@@H](C[C@@H]1C)OC(=O)[C@@H]2C. The number of aliphatic hydroxyl groups excluding tert-OH is 1. The van der Waals surface area contributed by atoms with Gasteiger partial charge in [-0.25, -0.2) is 0 Å². The molecule has 0 aromatic carbocycles. The molecular formula is C15H24O3. The Hall–Kier alpha value is -0.830. The first-order valence-corrected chi connectivity index (χ1v) is 7.06. The Kier molecular flexibility index (Phi) is 4.10. The van der Waals surface area contributed by atoms with E-state index in [2.05, 4.69) is 13.0 Å². The second-order valence-electron chi connectivity index (χ2n) is 5.97. The van der Waals surface area contributed by atoms with Gasteiger partial charge >= 0.3 is 5.97 Å². The van der Waals surface area contributed by atoms with Gasteiger partial charge in [-0.05, 0) is 38.5 Å². The molecular weight excluding hydrogens is 228 g/mol. The summed E-state index contributed by atoms with van der Waals surface area (Å²) in [6.45, 7) is 6.01. The Labute approximate surface area is 109 Å². The van der Waals surface area contributed by atoms with E-state index in [0.29, 0.717) is 11.8 Å². The van der Waals surface area contributed by atoms with Crippen molar-refractivity contribution in [2.24, 2.45) is 17.8 Å². The molecule has 102 valence electrons. The molecule has 2 aliphatic rings. The van der Waals surface area contributed by atoms with Crippen molar-refractivity contribution in [1.82, 2.24) is 0 Å². The van der Waals surface area contributed by atoms with E-state index in [1.165, 1.54) is 5.57 Å². The van der Waals surface area contributed by atoms with Crippen LogP contribution in [0.1, 0.15) is 46.5 Å². The monoisotopic (exact) mass is 252 g/mol. The van der Waals surface area contributed by atoms with E-state index < -0.39 is 0 Å². The van der Waals surface area contributed by atoms with Crippen LogP contribution in [0.3, 0.4) is 0 Å². The maximum absolute atomic E-state index is 11.6. The van der Waals surface area contributed by atoms with Crippen molar-refractivity contribution < 1.29 is 14.6 Å². The minimum Gasteiger partial charge on any atom is -0.462 e. The van der Waals surface area contributed by atoms with Crippen LogP contribution in [0.5, 0.6) is 0 Å². The second kappa shape index (κ2) is 5.43.